The molecule has 3 fully saturated rings. The number of carbonyl (C=O) groups is 3. The Labute approximate surface area is 259 Å². The standard InChI is InChI=1S/C27H34ClN9O6S/c1-2-43-25(40)17-6-4-10-37(14-17)44(41,42)18-7-3-5-16(13-18)24(39)36-11-8-27(9-12-36)15-31-26(35-27)34-23(38)19-21(29)33-22(30)20(28)32-19/h3,5,7,13,17H,2,4,6,8-12,14-15H2,1H3,(H4,29,30,33)(H2,31,34,35,38). The number of halogens is 1. The van der Waals surface area contributed by atoms with E-state index in [1.807, 2.05) is 0 Å². The van der Waals surface area contributed by atoms with Crippen molar-refractivity contribution < 1.29 is 27.5 Å². The molecule has 0 radical (unpaired) electrons. The molecule has 2 aromatic rings. The molecule has 17 heteroatoms. The highest BCUT2D eigenvalue weighted by molar-refractivity contribution is 7.89. The van der Waals surface area contributed by atoms with Crippen LogP contribution in [0.3, 0.4) is 0 Å². The van der Waals surface area contributed by atoms with Gasteiger partial charge in [-0.1, -0.05) is 17.7 Å². The van der Waals surface area contributed by atoms with Crippen molar-refractivity contribution in [2.45, 2.75) is 43.0 Å². The normalized spacial score (nSPS) is 21.1. The summed E-state index contributed by atoms with van der Waals surface area (Å²) in [6.07, 6.45) is 2.21. The molecule has 15 nitrogen and oxygen atoms in total. The number of nitrogen functional groups attached to an aromatic ring is 2. The summed E-state index contributed by atoms with van der Waals surface area (Å²) in [6, 6.07) is 5.98. The summed E-state index contributed by atoms with van der Waals surface area (Å²) in [7, 11) is -3.93. The number of amides is 2. The lowest BCUT2D eigenvalue weighted by Gasteiger charge is -2.38. The number of esters is 1. The Hall–Kier alpha value is -4.02. The topological polar surface area (TPSA) is 215 Å². The molecule has 1 aromatic heterocycles. The first kappa shape index (κ1) is 31.4. The maximum atomic E-state index is 13.5. The highest BCUT2D eigenvalue weighted by Gasteiger charge is 2.41. The van der Waals surface area contributed by atoms with E-state index in [-0.39, 0.29) is 64.5 Å². The number of guanidine groups is 1. The van der Waals surface area contributed by atoms with Gasteiger partial charge < -0.3 is 31.7 Å². The molecule has 44 heavy (non-hydrogen) atoms. The SMILES string of the molecule is CCOC(=O)C1CCCN(S(=O)(=O)c2cccc(C(=O)N3CCC4(CC3)CN/C(=N\C(=O)c3nc(Cl)c(N)nc3N)N4)c2)C1. The van der Waals surface area contributed by atoms with Gasteiger partial charge >= 0.3 is 11.9 Å². The molecule has 3 aliphatic heterocycles. The van der Waals surface area contributed by atoms with Crippen LogP contribution in [0.4, 0.5) is 11.6 Å². The lowest BCUT2D eigenvalue weighted by atomic mass is 9.88. The number of nitrogens with zero attached hydrogens (tertiary/aromatic N) is 5. The minimum atomic E-state index is -3.93. The third kappa shape index (κ3) is 6.42. The Morgan fingerprint density at radius 2 is 1.91 bits per heavy atom. The molecular formula is C27H34ClN9O6S. The van der Waals surface area contributed by atoms with Gasteiger partial charge in [0, 0.05) is 38.3 Å². The number of ether oxygens (including phenoxy) is 1. The van der Waals surface area contributed by atoms with Gasteiger partial charge in [-0.15, -0.1) is 0 Å². The van der Waals surface area contributed by atoms with E-state index in [0.717, 1.165) is 0 Å². The van der Waals surface area contributed by atoms with E-state index in [4.69, 9.17) is 27.8 Å². The Morgan fingerprint density at radius 3 is 2.64 bits per heavy atom. The number of carbonyl (C=O) groups excluding carboxylic acids is 3. The number of nitrogens with one attached hydrogen (secondary N) is 2. The maximum Gasteiger partial charge on any atom is 0.310 e. The van der Waals surface area contributed by atoms with Crippen LogP contribution in [0.15, 0.2) is 34.2 Å². The first-order valence-electron chi connectivity index (χ1n) is 14.2. The fourth-order valence-corrected chi connectivity index (χ4v) is 7.28. The molecule has 1 atom stereocenters. The molecule has 1 aromatic carbocycles. The molecule has 4 heterocycles. The highest BCUT2D eigenvalue weighted by Crippen LogP contribution is 2.28. The van der Waals surface area contributed by atoms with Gasteiger partial charge in [-0.05, 0) is 50.8 Å². The second kappa shape index (κ2) is 12.5. The van der Waals surface area contributed by atoms with Crippen molar-refractivity contribution in [3.63, 3.8) is 0 Å². The van der Waals surface area contributed by atoms with Crippen molar-refractivity contribution in [3.05, 3.63) is 40.7 Å². The Bertz CT molecular complexity index is 1610. The van der Waals surface area contributed by atoms with Gasteiger partial charge in [-0.25, -0.2) is 18.4 Å². The first-order valence-corrected chi connectivity index (χ1v) is 16.0. The second-order valence-electron chi connectivity index (χ2n) is 10.9. The molecule has 3 aliphatic rings. The first-order chi connectivity index (χ1) is 20.9. The van der Waals surface area contributed by atoms with Crippen LogP contribution in [0, 0.1) is 5.92 Å². The van der Waals surface area contributed by atoms with Crippen LogP contribution in [0.1, 0.15) is 53.5 Å². The van der Waals surface area contributed by atoms with Gasteiger partial charge in [-0.3, -0.25) is 14.4 Å². The molecule has 2 amide bonds. The lowest BCUT2D eigenvalue weighted by molar-refractivity contribution is -0.149. The van der Waals surface area contributed by atoms with Gasteiger partial charge in [0.25, 0.3) is 5.91 Å². The van der Waals surface area contributed by atoms with Gasteiger partial charge in [0.15, 0.2) is 28.4 Å². The van der Waals surface area contributed by atoms with E-state index in [0.29, 0.717) is 45.3 Å². The van der Waals surface area contributed by atoms with E-state index in [1.165, 1.54) is 16.4 Å². The largest absolute Gasteiger partial charge is 0.466 e. The van der Waals surface area contributed by atoms with Crippen molar-refractivity contribution in [2.24, 2.45) is 10.9 Å². The predicted octanol–water partition coefficient (Wildman–Crippen LogP) is 0.622. The zero-order chi connectivity index (χ0) is 31.6. The molecule has 0 saturated carbocycles. The fraction of sp³-hybridized carbons (Fsp3) is 0.481. The van der Waals surface area contributed by atoms with Crippen molar-refractivity contribution in [3.8, 4) is 0 Å². The average Bonchev–Trinajstić information content (AvgIpc) is 3.40. The summed E-state index contributed by atoms with van der Waals surface area (Å²) in [5.41, 5.74) is 10.9. The number of nitrogens with two attached hydrogens (primary N) is 2. The van der Waals surface area contributed by atoms with Crippen LogP contribution in [0.2, 0.25) is 5.15 Å². The van der Waals surface area contributed by atoms with Crippen LogP contribution >= 0.6 is 11.6 Å². The van der Waals surface area contributed by atoms with Gasteiger partial charge in [-0.2, -0.15) is 9.30 Å². The summed E-state index contributed by atoms with van der Waals surface area (Å²) < 4.78 is 33.3. The summed E-state index contributed by atoms with van der Waals surface area (Å²) in [4.78, 5) is 51.7. The third-order valence-corrected chi connectivity index (χ3v) is 10.2. The molecule has 1 unspecified atom stereocenters. The monoisotopic (exact) mass is 647 g/mol. The summed E-state index contributed by atoms with van der Waals surface area (Å²) in [6.45, 7) is 3.54. The molecule has 236 valence electrons. The number of sulfonamides is 1. The van der Waals surface area contributed by atoms with Crippen LogP contribution in [-0.2, 0) is 19.6 Å². The van der Waals surface area contributed by atoms with Crippen LogP contribution in [-0.4, -0.2) is 96.2 Å². The van der Waals surface area contributed by atoms with Gasteiger partial charge in [0.2, 0.25) is 10.0 Å². The zero-order valence-electron chi connectivity index (χ0n) is 24.1. The lowest BCUT2D eigenvalue weighted by Crippen LogP contribution is -2.53. The molecule has 0 aliphatic carbocycles. The number of hydrogen-bond donors (Lipinski definition) is 4. The van der Waals surface area contributed by atoms with E-state index < -0.39 is 33.4 Å². The van der Waals surface area contributed by atoms with Crippen LogP contribution in [0.5, 0.6) is 0 Å². The quantitative estimate of drug-likeness (QED) is 0.318. The number of anilines is 2. The minimum absolute atomic E-state index is 0.00114. The molecule has 1 spiro atoms. The molecule has 6 N–H and O–H groups in total. The van der Waals surface area contributed by atoms with E-state index >= 15 is 0 Å². The maximum absolute atomic E-state index is 13.5. The summed E-state index contributed by atoms with van der Waals surface area (Å²) >= 11 is 5.87. The second-order valence-corrected chi connectivity index (χ2v) is 13.2. The fourth-order valence-electron chi connectivity index (χ4n) is 5.59. The third-order valence-electron chi connectivity index (χ3n) is 8.03. The zero-order valence-corrected chi connectivity index (χ0v) is 25.7. The molecule has 5 rings (SSSR count). The smallest absolute Gasteiger partial charge is 0.310 e. The highest BCUT2D eigenvalue weighted by atomic mass is 35.5. The van der Waals surface area contributed by atoms with E-state index in [1.54, 1.807) is 24.0 Å². The molecule has 3 saturated heterocycles. The van der Waals surface area contributed by atoms with Crippen molar-refractivity contribution >= 4 is 57.0 Å². The Kier molecular flexibility index (Phi) is 8.95. The predicted molar refractivity (Wildman–Crippen MR) is 161 cm³/mol. The number of rotatable bonds is 6. The number of likely N-dealkylation sites (tertiary alicyclic amines) is 1. The minimum Gasteiger partial charge on any atom is -0.466 e. The van der Waals surface area contributed by atoms with Crippen molar-refractivity contribution in [1.29, 1.82) is 0 Å². The van der Waals surface area contributed by atoms with Gasteiger partial charge in [0.1, 0.15) is 0 Å². The molecular weight excluding hydrogens is 614 g/mol. The number of aliphatic imine (C=N–C) groups is 1. The summed E-state index contributed by atoms with van der Waals surface area (Å²) in [5, 5.41) is 6.18. The van der Waals surface area contributed by atoms with E-state index in [2.05, 4.69) is 25.6 Å². The number of benzene rings is 1. The number of piperidine rings is 2. The van der Waals surface area contributed by atoms with Gasteiger partial charge in [0.05, 0.1) is 23.0 Å². The summed E-state index contributed by atoms with van der Waals surface area (Å²) in [5.74, 6) is -1.99. The average molecular weight is 648 g/mol. The number of aromatic nitrogens is 2. The van der Waals surface area contributed by atoms with Crippen molar-refractivity contribution in [1.82, 2.24) is 29.8 Å². The Balaban J connectivity index is 1.21. The number of hydrogen-bond acceptors (Lipinski definition) is 10. The van der Waals surface area contributed by atoms with Crippen molar-refractivity contribution in [2.75, 3.05) is 50.8 Å². The Morgan fingerprint density at radius 1 is 1.16 bits per heavy atom. The molecule has 0 bridgehead atoms. The van der Waals surface area contributed by atoms with Crippen LogP contribution in [0.25, 0.3) is 0 Å². The van der Waals surface area contributed by atoms with E-state index in [9.17, 15) is 22.8 Å². The van der Waals surface area contributed by atoms with Crippen LogP contribution < -0.4 is 22.1 Å².